The number of halogens is 1. The molecule has 0 aliphatic carbocycles. The number of amides is 1. The van der Waals surface area contributed by atoms with E-state index < -0.39 is 21.7 Å². The van der Waals surface area contributed by atoms with Gasteiger partial charge in [0.25, 0.3) is 15.9 Å². The number of carbonyl (C=O) groups excluding carboxylic acids is 1. The second-order valence-electron chi connectivity index (χ2n) is 7.79. The molecule has 0 fully saturated rings. The molecule has 0 aromatic heterocycles. The Morgan fingerprint density at radius 2 is 1.79 bits per heavy atom. The molecule has 4 rings (SSSR count). The number of benzene rings is 3. The monoisotopic (exact) mass is 484 g/mol. The van der Waals surface area contributed by atoms with Crippen molar-refractivity contribution in [3.05, 3.63) is 83.2 Å². The van der Waals surface area contributed by atoms with Crippen molar-refractivity contribution in [1.29, 1.82) is 0 Å². The molecule has 0 bridgehead atoms. The SMILES string of the molecule is COc1ccc(CCNC(=O)c2cc(S(=O)(=O)N3CCc4ccccc43)ccc2F)cc1OC. The molecule has 0 unspecified atom stereocenters. The number of ether oxygens (including phenoxy) is 2. The fourth-order valence-corrected chi connectivity index (χ4v) is 5.51. The topological polar surface area (TPSA) is 84.9 Å². The Balaban J connectivity index is 1.48. The number of rotatable bonds is 8. The zero-order chi connectivity index (χ0) is 24.3. The molecule has 9 heteroatoms. The van der Waals surface area contributed by atoms with Gasteiger partial charge in [-0.1, -0.05) is 24.3 Å². The van der Waals surface area contributed by atoms with Crippen LogP contribution in [0.5, 0.6) is 11.5 Å². The summed E-state index contributed by atoms with van der Waals surface area (Å²) in [7, 11) is -0.861. The van der Waals surface area contributed by atoms with Gasteiger partial charge in [-0.3, -0.25) is 9.10 Å². The lowest BCUT2D eigenvalue weighted by molar-refractivity contribution is 0.0950. The van der Waals surface area contributed by atoms with Crippen LogP contribution in [-0.2, 0) is 22.9 Å². The molecular weight excluding hydrogens is 459 g/mol. The van der Waals surface area contributed by atoms with Gasteiger partial charge in [0.05, 0.1) is 30.4 Å². The van der Waals surface area contributed by atoms with Crippen LogP contribution in [0.15, 0.2) is 65.6 Å². The predicted molar refractivity (Wildman–Crippen MR) is 127 cm³/mol. The van der Waals surface area contributed by atoms with Crippen LogP contribution in [-0.4, -0.2) is 41.6 Å². The number of carbonyl (C=O) groups is 1. The fraction of sp³-hybridized carbons (Fsp3) is 0.240. The summed E-state index contributed by atoms with van der Waals surface area (Å²) in [6, 6.07) is 16.0. The van der Waals surface area contributed by atoms with E-state index >= 15 is 0 Å². The van der Waals surface area contributed by atoms with Crippen molar-refractivity contribution in [3.63, 3.8) is 0 Å². The lowest BCUT2D eigenvalue weighted by Gasteiger charge is -2.20. The van der Waals surface area contributed by atoms with Gasteiger partial charge in [0, 0.05) is 13.1 Å². The number of fused-ring (bicyclic) bond motifs is 1. The number of sulfonamides is 1. The van der Waals surface area contributed by atoms with Crippen molar-refractivity contribution in [2.45, 2.75) is 17.7 Å². The third kappa shape index (κ3) is 4.56. The van der Waals surface area contributed by atoms with Gasteiger partial charge in [-0.25, -0.2) is 12.8 Å². The zero-order valence-electron chi connectivity index (χ0n) is 18.9. The molecule has 178 valence electrons. The van der Waals surface area contributed by atoms with Crippen LogP contribution in [0.2, 0.25) is 0 Å². The first-order valence-corrected chi connectivity index (χ1v) is 12.2. The molecular formula is C25H25FN2O5S. The zero-order valence-corrected chi connectivity index (χ0v) is 19.7. The van der Waals surface area contributed by atoms with E-state index in [4.69, 9.17) is 9.47 Å². The molecule has 1 aliphatic heterocycles. The van der Waals surface area contributed by atoms with Crippen molar-refractivity contribution in [3.8, 4) is 11.5 Å². The van der Waals surface area contributed by atoms with E-state index in [2.05, 4.69) is 5.32 Å². The highest BCUT2D eigenvalue weighted by atomic mass is 32.2. The van der Waals surface area contributed by atoms with Gasteiger partial charge < -0.3 is 14.8 Å². The molecule has 1 amide bonds. The number of methoxy groups -OCH3 is 2. The molecule has 0 spiro atoms. The van der Waals surface area contributed by atoms with Gasteiger partial charge in [0.15, 0.2) is 11.5 Å². The molecule has 1 N–H and O–H groups in total. The third-order valence-electron chi connectivity index (χ3n) is 5.76. The summed E-state index contributed by atoms with van der Waals surface area (Å²) in [6.45, 7) is 0.524. The van der Waals surface area contributed by atoms with E-state index in [9.17, 15) is 17.6 Å². The molecule has 34 heavy (non-hydrogen) atoms. The van der Waals surface area contributed by atoms with Gasteiger partial charge in [0.1, 0.15) is 5.82 Å². The number of nitrogens with zero attached hydrogens (tertiary/aromatic N) is 1. The van der Waals surface area contributed by atoms with E-state index in [1.165, 1.54) is 17.5 Å². The Kier molecular flexibility index (Phi) is 6.74. The van der Waals surface area contributed by atoms with Crippen LogP contribution < -0.4 is 19.1 Å². The van der Waals surface area contributed by atoms with Gasteiger partial charge in [-0.15, -0.1) is 0 Å². The normalized spacial score (nSPS) is 12.9. The second-order valence-corrected chi connectivity index (χ2v) is 9.66. The number of para-hydroxylation sites is 1. The Labute approximate surface area is 198 Å². The first-order valence-electron chi connectivity index (χ1n) is 10.7. The largest absolute Gasteiger partial charge is 0.493 e. The number of nitrogens with one attached hydrogen (secondary N) is 1. The Morgan fingerprint density at radius 1 is 1.03 bits per heavy atom. The summed E-state index contributed by atoms with van der Waals surface area (Å²) < 4.78 is 52.7. The maximum absolute atomic E-state index is 14.5. The van der Waals surface area contributed by atoms with Gasteiger partial charge in [0.2, 0.25) is 0 Å². The summed E-state index contributed by atoms with van der Waals surface area (Å²) in [5.41, 5.74) is 2.11. The summed E-state index contributed by atoms with van der Waals surface area (Å²) in [5, 5.41) is 2.66. The molecule has 3 aromatic rings. The molecule has 7 nitrogen and oxygen atoms in total. The minimum Gasteiger partial charge on any atom is -0.493 e. The van der Waals surface area contributed by atoms with E-state index in [1.54, 1.807) is 31.4 Å². The molecule has 0 radical (unpaired) electrons. The third-order valence-corrected chi connectivity index (χ3v) is 7.57. The van der Waals surface area contributed by atoms with Crippen molar-refractivity contribution in [2.75, 3.05) is 31.6 Å². The predicted octanol–water partition coefficient (Wildman–Crippen LogP) is 3.57. The van der Waals surface area contributed by atoms with Crippen LogP contribution in [0.3, 0.4) is 0 Å². The minimum atomic E-state index is -3.94. The molecule has 0 atom stereocenters. The van der Waals surface area contributed by atoms with E-state index in [0.717, 1.165) is 23.3 Å². The lowest BCUT2D eigenvalue weighted by atomic mass is 10.1. The van der Waals surface area contributed by atoms with E-state index in [0.29, 0.717) is 36.6 Å². The molecule has 0 saturated heterocycles. The average Bonchev–Trinajstić information content (AvgIpc) is 3.29. The van der Waals surface area contributed by atoms with Gasteiger partial charge in [-0.05, 0) is 60.4 Å². The number of hydrogen-bond donors (Lipinski definition) is 1. The molecule has 1 heterocycles. The first kappa shape index (κ1) is 23.6. The lowest BCUT2D eigenvalue weighted by Crippen LogP contribution is -2.30. The second kappa shape index (κ2) is 9.72. The Hall–Kier alpha value is -3.59. The van der Waals surface area contributed by atoms with E-state index in [-0.39, 0.29) is 17.0 Å². The number of hydrogen-bond acceptors (Lipinski definition) is 5. The quantitative estimate of drug-likeness (QED) is 0.529. The van der Waals surface area contributed by atoms with Crippen LogP contribution in [0.4, 0.5) is 10.1 Å². The number of anilines is 1. The fourth-order valence-electron chi connectivity index (χ4n) is 3.98. The first-order chi connectivity index (χ1) is 16.3. The maximum Gasteiger partial charge on any atom is 0.264 e. The Morgan fingerprint density at radius 3 is 2.56 bits per heavy atom. The minimum absolute atomic E-state index is 0.129. The average molecular weight is 485 g/mol. The highest BCUT2D eigenvalue weighted by molar-refractivity contribution is 7.92. The standard InChI is InChI=1S/C25H25FN2O5S/c1-32-23-10-7-17(15-24(23)33-2)11-13-27-25(29)20-16-19(8-9-21(20)26)34(30,31)28-14-12-18-5-3-4-6-22(18)28/h3-10,15-16H,11-14H2,1-2H3,(H,27,29). The van der Waals surface area contributed by atoms with Crippen LogP contribution >= 0.6 is 0 Å². The molecule has 1 aliphatic rings. The van der Waals surface area contributed by atoms with Crippen molar-refractivity contribution in [1.82, 2.24) is 5.32 Å². The smallest absolute Gasteiger partial charge is 0.264 e. The summed E-state index contributed by atoms with van der Waals surface area (Å²) in [6.07, 6.45) is 1.07. The van der Waals surface area contributed by atoms with Crippen LogP contribution in [0.25, 0.3) is 0 Å². The van der Waals surface area contributed by atoms with Crippen LogP contribution in [0.1, 0.15) is 21.5 Å². The van der Waals surface area contributed by atoms with E-state index in [1.807, 2.05) is 18.2 Å². The van der Waals surface area contributed by atoms with Gasteiger partial charge in [-0.2, -0.15) is 0 Å². The van der Waals surface area contributed by atoms with Crippen molar-refractivity contribution >= 4 is 21.6 Å². The van der Waals surface area contributed by atoms with Crippen molar-refractivity contribution < 1.29 is 27.1 Å². The van der Waals surface area contributed by atoms with Gasteiger partial charge >= 0.3 is 0 Å². The Bertz CT molecular complexity index is 1330. The highest BCUT2D eigenvalue weighted by Crippen LogP contribution is 2.33. The maximum atomic E-state index is 14.5. The summed E-state index contributed by atoms with van der Waals surface area (Å²) >= 11 is 0. The van der Waals surface area contributed by atoms with Crippen LogP contribution in [0, 0.1) is 5.82 Å². The summed E-state index contributed by atoms with van der Waals surface area (Å²) in [4.78, 5) is 12.5. The van der Waals surface area contributed by atoms with Crippen molar-refractivity contribution in [2.24, 2.45) is 0 Å². The molecule has 3 aromatic carbocycles. The molecule has 0 saturated carbocycles. The summed E-state index contributed by atoms with van der Waals surface area (Å²) in [5.74, 6) is -0.309. The highest BCUT2D eigenvalue weighted by Gasteiger charge is 2.31.